The molecule has 4 N–H and O–H groups in total. The predicted molar refractivity (Wildman–Crippen MR) is 94.9 cm³/mol. The van der Waals surface area contributed by atoms with Gasteiger partial charge in [-0.15, -0.1) is 0 Å². The summed E-state index contributed by atoms with van der Waals surface area (Å²) >= 11 is 4.51. The molecule has 0 saturated carbocycles. The minimum Gasteiger partial charge on any atom is -0.325 e. The topological polar surface area (TPSA) is 117 Å². The zero-order valence-corrected chi connectivity index (χ0v) is 15.0. The molecule has 0 aliphatic heterocycles. The molecule has 0 fully saturated rings. The first-order valence-electron chi connectivity index (χ1n) is 6.83. The van der Waals surface area contributed by atoms with Gasteiger partial charge in [-0.2, -0.15) is 10.5 Å². The number of nitriles is 2. The summed E-state index contributed by atoms with van der Waals surface area (Å²) in [6.45, 7) is 1.72. The first kappa shape index (κ1) is 17.8. The van der Waals surface area contributed by atoms with Crippen LogP contribution in [0.25, 0.3) is 0 Å². The lowest BCUT2D eigenvalue weighted by Gasteiger charge is -2.11. The Morgan fingerprint density at radius 3 is 2.67 bits per heavy atom. The normalized spacial score (nSPS) is 11.2. The molecule has 1 aromatic carbocycles. The SMILES string of the molecule is C[C@@H](Sc1[nH+]c(N)c(C#N)cc1C#N)C(=O)Nc1cccc(Br)c1. The average Bonchev–Trinajstić information content (AvgIpc) is 2.55. The Bertz CT molecular complexity index is 872. The number of benzene rings is 1. The maximum absolute atomic E-state index is 12.3. The zero-order valence-electron chi connectivity index (χ0n) is 12.6. The average molecular weight is 403 g/mol. The number of carbonyl (C=O) groups excluding carboxylic acids is 1. The number of nitrogens with two attached hydrogens (primary N) is 1. The van der Waals surface area contributed by atoms with E-state index in [0.29, 0.717) is 10.7 Å². The van der Waals surface area contributed by atoms with Gasteiger partial charge in [0.2, 0.25) is 5.91 Å². The number of carbonyl (C=O) groups is 1. The highest BCUT2D eigenvalue weighted by atomic mass is 79.9. The number of nitrogen functional groups attached to an aromatic ring is 1. The Balaban J connectivity index is 2.16. The van der Waals surface area contributed by atoms with E-state index < -0.39 is 5.25 Å². The van der Waals surface area contributed by atoms with Gasteiger partial charge in [-0.3, -0.25) is 10.5 Å². The van der Waals surface area contributed by atoms with Crippen molar-refractivity contribution in [1.82, 2.24) is 0 Å². The molecule has 0 aliphatic rings. The van der Waals surface area contributed by atoms with E-state index in [4.69, 9.17) is 11.0 Å². The number of amides is 1. The molecule has 1 aromatic heterocycles. The number of nitrogens with one attached hydrogen (secondary N) is 2. The number of aromatic nitrogens is 1. The van der Waals surface area contributed by atoms with Crippen molar-refractivity contribution in [3.8, 4) is 12.1 Å². The van der Waals surface area contributed by atoms with Crippen molar-refractivity contribution >= 4 is 45.1 Å². The number of halogens is 1. The molecule has 2 aromatic rings. The van der Waals surface area contributed by atoms with Crippen molar-refractivity contribution in [2.45, 2.75) is 17.2 Å². The highest BCUT2D eigenvalue weighted by molar-refractivity contribution is 9.10. The van der Waals surface area contributed by atoms with Crippen LogP contribution in [0.5, 0.6) is 0 Å². The van der Waals surface area contributed by atoms with Gasteiger partial charge in [0.15, 0.2) is 5.03 Å². The monoisotopic (exact) mass is 402 g/mol. The maximum Gasteiger partial charge on any atom is 0.289 e. The van der Waals surface area contributed by atoms with Gasteiger partial charge in [0, 0.05) is 10.2 Å². The van der Waals surface area contributed by atoms with Crippen molar-refractivity contribution in [2.75, 3.05) is 11.1 Å². The van der Waals surface area contributed by atoms with Crippen LogP contribution >= 0.6 is 27.7 Å². The van der Waals surface area contributed by atoms with Gasteiger partial charge in [0.1, 0.15) is 23.3 Å². The Labute approximate surface area is 151 Å². The molecular formula is C16H13BrN5OS+. The fourth-order valence-electron chi connectivity index (χ4n) is 1.85. The fraction of sp³-hybridized carbons (Fsp3) is 0.125. The number of rotatable bonds is 4. The first-order valence-corrected chi connectivity index (χ1v) is 8.51. The molecule has 0 spiro atoms. The van der Waals surface area contributed by atoms with Crippen molar-refractivity contribution in [3.05, 3.63) is 45.9 Å². The summed E-state index contributed by atoms with van der Waals surface area (Å²) in [5, 5.41) is 20.9. The number of pyridine rings is 1. The summed E-state index contributed by atoms with van der Waals surface area (Å²) < 4.78 is 0.862. The van der Waals surface area contributed by atoms with E-state index in [1.54, 1.807) is 19.1 Å². The lowest BCUT2D eigenvalue weighted by molar-refractivity contribution is -0.410. The predicted octanol–water partition coefficient (Wildman–Crippen LogP) is 2.71. The van der Waals surface area contributed by atoms with E-state index in [2.05, 4.69) is 26.2 Å². The standard InChI is InChI=1S/C16H12BrN5OS/c1-9(15(23)21-13-4-2-3-12(17)6-13)24-16-11(8-19)5-10(7-18)14(20)22-16/h2-6,9H,1H3,(H2,20,22)(H,21,23)/p+1/t9-/m1/s1. The van der Waals surface area contributed by atoms with Crippen LogP contribution < -0.4 is 16.0 Å². The van der Waals surface area contributed by atoms with Crippen LogP contribution in [-0.2, 0) is 4.79 Å². The van der Waals surface area contributed by atoms with Crippen molar-refractivity contribution < 1.29 is 9.78 Å². The van der Waals surface area contributed by atoms with Crippen LogP contribution in [-0.4, -0.2) is 11.2 Å². The Hall–Kier alpha value is -2.55. The molecule has 120 valence electrons. The molecule has 24 heavy (non-hydrogen) atoms. The summed E-state index contributed by atoms with van der Waals surface area (Å²) in [5.74, 6) is -0.0445. The minimum absolute atomic E-state index is 0.165. The third kappa shape index (κ3) is 4.25. The molecule has 2 rings (SSSR count). The van der Waals surface area contributed by atoms with Gasteiger partial charge in [0.25, 0.3) is 5.82 Å². The van der Waals surface area contributed by atoms with Gasteiger partial charge >= 0.3 is 0 Å². The van der Waals surface area contributed by atoms with E-state index in [-0.39, 0.29) is 22.9 Å². The fourth-order valence-corrected chi connectivity index (χ4v) is 3.17. The van der Waals surface area contributed by atoms with E-state index in [9.17, 15) is 10.1 Å². The Kier molecular flexibility index (Phi) is 5.80. The van der Waals surface area contributed by atoms with Crippen LogP contribution in [0.2, 0.25) is 0 Å². The second-order valence-corrected chi connectivity index (χ2v) is 7.09. The number of thioether (sulfide) groups is 1. The van der Waals surface area contributed by atoms with Crippen molar-refractivity contribution in [3.63, 3.8) is 0 Å². The number of aromatic amines is 1. The van der Waals surface area contributed by atoms with E-state index >= 15 is 0 Å². The van der Waals surface area contributed by atoms with Crippen LogP contribution in [0, 0.1) is 22.7 Å². The van der Waals surface area contributed by atoms with E-state index in [1.807, 2.05) is 24.3 Å². The molecule has 1 atom stereocenters. The van der Waals surface area contributed by atoms with Gasteiger partial charge in [-0.1, -0.05) is 33.8 Å². The molecule has 0 unspecified atom stereocenters. The summed E-state index contributed by atoms with van der Waals surface area (Å²) in [5.41, 5.74) is 6.88. The third-order valence-electron chi connectivity index (χ3n) is 3.07. The zero-order chi connectivity index (χ0) is 17.7. The molecule has 8 heteroatoms. The number of hydrogen-bond acceptors (Lipinski definition) is 5. The number of anilines is 2. The van der Waals surface area contributed by atoms with Crippen molar-refractivity contribution in [1.29, 1.82) is 10.5 Å². The molecular weight excluding hydrogens is 390 g/mol. The maximum atomic E-state index is 12.3. The third-order valence-corrected chi connectivity index (χ3v) is 4.69. The Morgan fingerprint density at radius 2 is 2.04 bits per heavy atom. The van der Waals surface area contributed by atoms with Gasteiger partial charge in [0.05, 0.1) is 5.25 Å². The summed E-state index contributed by atoms with van der Waals surface area (Å²) in [6, 6.07) is 12.6. The number of hydrogen-bond donors (Lipinski definition) is 2. The summed E-state index contributed by atoms with van der Waals surface area (Å²) in [4.78, 5) is 15.1. The van der Waals surface area contributed by atoms with Gasteiger partial charge < -0.3 is 5.32 Å². The molecule has 1 heterocycles. The van der Waals surface area contributed by atoms with Gasteiger partial charge in [-0.05, 0) is 31.2 Å². The molecule has 0 saturated heterocycles. The highest BCUT2D eigenvalue weighted by Crippen LogP contribution is 2.25. The summed E-state index contributed by atoms with van der Waals surface area (Å²) in [7, 11) is 0. The first-order chi connectivity index (χ1) is 11.4. The summed E-state index contributed by atoms with van der Waals surface area (Å²) in [6.07, 6.45) is 0. The molecule has 6 nitrogen and oxygen atoms in total. The lowest BCUT2D eigenvalue weighted by Crippen LogP contribution is -2.25. The molecule has 0 bridgehead atoms. The van der Waals surface area contributed by atoms with Crippen LogP contribution in [0.15, 0.2) is 39.8 Å². The van der Waals surface area contributed by atoms with Gasteiger partial charge in [-0.25, -0.2) is 4.98 Å². The second kappa shape index (κ2) is 7.82. The lowest BCUT2D eigenvalue weighted by atomic mass is 10.2. The van der Waals surface area contributed by atoms with Crippen LogP contribution in [0.1, 0.15) is 18.1 Å². The molecule has 1 amide bonds. The van der Waals surface area contributed by atoms with Crippen molar-refractivity contribution in [2.24, 2.45) is 0 Å². The highest BCUT2D eigenvalue weighted by Gasteiger charge is 2.21. The Morgan fingerprint density at radius 1 is 1.33 bits per heavy atom. The largest absolute Gasteiger partial charge is 0.325 e. The number of H-pyrrole nitrogens is 1. The van der Waals surface area contributed by atoms with E-state index in [0.717, 1.165) is 4.47 Å². The molecule has 0 aliphatic carbocycles. The van der Waals surface area contributed by atoms with Crippen LogP contribution in [0.4, 0.5) is 11.5 Å². The number of nitrogens with zero attached hydrogens (tertiary/aromatic N) is 2. The van der Waals surface area contributed by atoms with E-state index in [1.165, 1.54) is 17.8 Å². The smallest absolute Gasteiger partial charge is 0.289 e. The van der Waals surface area contributed by atoms with Crippen LogP contribution in [0.3, 0.4) is 0 Å². The molecule has 0 radical (unpaired) electrons. The minimum atomic E-state index is -0.473. The second-order valence-electron chi connectivity index (χ2n) is 4.82. The quantitative estimate of drug-likeness (QED) is 0.762.